The van der Waals surface area contributed by atoms with Gasteiger partial charge in [0.05, 0.1) is 12.8 Å². The average Bonchev–Trinajstić information content (AvgIpc) is 2.99. The van der Waals surface area contributed by atoms with E-state index >= 15 is 0 Å². The maximum absolute atomic E-state index is 10.5. The first-order valence-electron chi connectivity index (χ1n) is 7.94. The van der Waals surface area contributed by atoms with E-state index in [2.05, 4.69) is 15.8 Å². The first-order valence-corrected chi connectivity index (χ1v) is 8.34. The second-order valence-electron chi connectivity index (χ2n) is 5.55. The van der Waals surface area contributed by atoms with Gasteiger partial charge in [-0.2, -0.15) is 5.10 Å². The maximum Gasteiger partial charge on any atom is 0.191 e. The van der Waals surface area contributed by atoms with Gasteiger partial charge in [0.2, 0.25) is 0 Å². The number of carbonyl (C=O) groups is 1. The van der Waals surface area contributed by atoms with Gasteiger partial charge in [-0.3, -0.25) is 5.43 Å². The number of benzene rings is 1. The van der Waals surface area contributed by atoms with Crippen LogP contribution in [-0.2, 0) is 11.2 Å². The molecule has 2 N–H and O–H groups in total. The van der Waals surface area contributed by atoms with Gasteiger partial charge in [-0.25, -0.2) is 0 Å². The summed E-state index contributed by atoms with van der Waals surface area (Å²) < 4.78 is 10.7. The van der Waals surface area contributed by atoms with Crippen molar-refractivity contribution < 1.29 is 19.1 Å². The zero-order chi connectivity index (χ0) is 19.1. The van der Waals surface area contributed by atoms with Crippen LogP contribution in [-0.4, -0.2) is 23.9 Å². The molecule has 7 nitrogen and oxygen atoms in total. The second kappa shape index (κ2) is 9.00. The molecule has 0 spiro atoms. The number of furan rings is 1. The summed E-state index contributed by atoms with van der Waals surface area (Å²) in [4.78, 5) is 10.5. The Balaban J connectivity index is 1.96. The van der Waals surface area contributed by atoms with Gasteiger partial charge in [0.15, 0.2) is 5.11 Å². The summed E-state index contributed by atoms with van der Waals surface area (Å²) in [5.74, 6) is 0.890. The molecule has 0 bridgehead atoms. The van der Waals surface area contributed by atoms with Crippen LogP contribution in [0.25, 0.3) is 0 Å². The van der Waals surface area contributed by atoms with Gasteiger partial charge < -0.3 is 24.4 Å². The molecule has 2 rings (SSSR count). The molecule has 138 valence electrons. The fourth-order valence-electron chi connectivity index (χ4n) is 2.28. The Morgan fingerprint density at radius 2 is 2.04 bits per heavy atom. The van der Waals surface area contributed by atoms with Crippen molar-refractivity contribution in [1.29, 1.82) is 0 Å². The summed E-state index contributed by atoms with van der Waals surface area (Å²) in [6, 6.07) is 9.10. The smallest absolute Gasteiger partial charge is 0.191 e. The van der Waals surface area contributed by atoms with Crippen LogP contribution < -0.4 is 20.6 Å². The molecule has 26 heavy (non-hydrogen) atoms. The van der Waals surface area contributed by atoms with Crippen molar-refractivity contribution >= 4 is 34.7 Å². The standard InChI is InChI=1S/C18H21N3O4S/c1-11(16-10-15(25-12(16)2)8-9-17(22)23)20-21-18(26)19-13-4-6-14(24-3)7-5-13/h4-7,10H,8-9H2,1-3H3,(H,22,23)(H2,19,21,26)/p-1/b20-11-. The monoisotopic (exact) mass is 374 g/mol. The van der Waals surface area contributed by atoms with Gasteiger partial charge in [0, 0.05) is 23.6 Å². The number of hydrazone groups is 1. The number of rotatable bonds is 7. The summed E-state index contributed by atoms with van der Waals surface area (Å²) in [6.07, 6.45) is 0.192. The number of carbonyl (C=O) groups excluding carboxylic acids is 1. The van der Waals surface area contributed by atoms with Crippen LogP contribution in [0.4, 0.5) is 5.69 Å². The molecule has 1 heterocycles. The topological polar surface area (TPSA) is 98.9 Å². The van der Waals surface area contributed by atoms with E-state index in [9.17, 15) is 9.90 Å². The number of thiocarbonyl (C=S) groups is 1. The predicted molar refractivity (Wildman–Crippen MR) is 101 cm³/mol. The number of methoxy groups -OCH3 is 1. The first-order chi connectivity index (χ1) is 12.4. The van der Waals surface area contributed by atoms with Crippen molar-refractivity contribution in [1.82, 2.24) is 5.43 Å². The Hall–Kier alpha value is -2.87. The minimum Gasteiger partial charge on any atom is -0.550 e. The Labute approximate surface area is 157 Å². The Kier molecular flexibility index (Phi) is 6.74. The number of aryl methyl sites for hydroxylation is 2. The maximum atomic E-state index is 10.5. The number of carboxylic acids is 1. The molecular formula is C18H20N3O4S-. The lowest BCUT2D eigenvalue weighted by Crippen LogP contribution is -2.25. The largest absolute Gasteiger partial charge is 0.550 e. The molecular weight excluding hydrogens is 354 g/mol. The van der Waals surface area contributed by atoms with Crippen LogP contribution in [0.2, 0.25) is 0 Å². The Bertz CT molecular complexity index is 812. The molecule has 0 amide bonds. The number of aliphatic carboxylic acids is 1. The number of hydrogen-bond acceptors (Lipinski definition) is 6. The molecule has 1 aromatic carbocycles. The third kappa shape index (κ3) is 5.59. The number of carboxylic acid groups (broad SMARTS) is 1. The van der Waals surface area contributed by atoms with Crippen LogP contribution in [0.15, 0.2) is 39.9 Å². The molecule has 1 aromatic heterocycles. The van der Waals surface area contributed by atoms with Gasteiger partial charge in [0.1, 0.15) is 17.3 Å². The highest BCUT2D eigenvalue weighted by molar-refractivity contribution is 7.80. The lowest BCUT2D eigenvalue weighted by Gasteiger charge is -2.08. The molecule has 0 aliphatic rings. The van der Waals surface area contributed by atoms with Crippen LogP contribution >= 0.6 is 12.2 Å². The SMILES string of the molecule is COc1ccc(NC(=S)N/N=C(/C)c2cc(CCC(=O)[O-])oc2C)cc1. The predicted octanol–water partition coefficient (Wildman–Crippen LogP) is 1.99. The van der Waals surface area contributed by atoms with E-state index in [1.165, 1.54) is 0 Å². The van der Waals surface area contributed by atoms with Crippen molar-refractivity contribution in [3.05, 3.63) is 47.4 Å². The third-order valence-electron chi connectivity index (χ3n) is 3.61. The normalized spacial score (nSPS) is 11.1. The van der Waals surface area contributed by atoms with E-state index in [1.54, 1.807) is 20.1 Å². The summed E-state index contributed by atoms with van der Waals surface area (Å²) in [7, 11) is 1.61. The Morgan fingerprint density at radius 3 is 2.65 bits per heavy atom. The van der Waals surface area contributed by atoms with Crippen molar-refractivity contribution in [3.63, 3.8) is 0 Å². The van der Waals surface area contributed by atoms with Gasteiger partial charge >= 0.3 is 0 Å². The van der Waals surface area contributed by atoms with Crippen molar-refractivity contribution in [3.8, 4) is 5.75 Å². The molecule has 8 heteroatoms. The molecule has 0 radical (unpaired) electrons. The highest BCUT2D eigenvalue weighted by Gasteiger charge is 2.10. The Morgan fingerprint density at radius 1 is 1.35 bits per heavy atom. The van der Waals surface area contributed by atoms with E-state index in [0.29, 0.717) is 22.3 Å². The van der Waals surface area contributed by atoms with Gasteiger partial charge in [-0.15, -0.1) is 0 Å². The quantitative estimate of drug-likeness (QED) is 0.434. The van der Waals surface area contributed by atoms with E-state index < -0.39 is 5.97 Å². The molecule has 0 aliphatic carbocycles. The van der Waals surface area contributed by atoms with Crippen molar-refractivity contribution in [2.75, 3.05) is 12.4 Å². The fourth-order valence-corrected chi connectivity index (χ4v) is 2.44. The van der Waals surface area contributed by atoms with E-state index in [-0.39, 0.29) is 12.8 Å². The number of nitrogens with zero attached hydrogens (tertiary/aromatic N) is 1. The summed E-state index contributed by atoms with van der Waals surface area (Å²) in [6.45, 7) is 3.61. The lowest BCUT2D eigenvalue weighted by molar-refractivity contribution is -0.305. The average molecular weight is 374 g/mol. The summed E-state index contributed by atoms with van der Waals surface area (Å²) >= 11 is 5.22. The molecule has 0 saturated carbocycles. The van der Waals surface area contributed by atoms with Crippen LogP contribution in [0, 0.1) is 6.92 Å². The fraction of sp³-hybridized carbons (Fsp3) is 0.278. The number of ether oxygens (including phenoxy) is 1. The van der Waals surface area contributed by atoms with Crippen LogP contribution in [0.1, 0.15) is 30.4 Å². The van der Waals surface area contributed by atoms with Crippen LogP contribution in [0.3, 0.4) is 0 Å². The van der Waals surface area contributed by atoms with E-state index in [4.69, 9.17) is 21.4 Å². The number of nitrogens with one attached hydrogen (secondary N) is 2. The second-order valence-corrected chi connectivity index (χ2v) is 5.95. The molecule has 0 saturated heterocycles. The van der Waals surface area contributed by atoms with Gasteiger partial charge in [0.25, 0.3) is 0 Å². The van der Waals surface area contributed by atoms with Gasteiger partial charge in [-0.05, 0) is 62.8 Å². The minimum atomic E-state index is -1.11. The third-order valence-corrected chi connectivity index (χ3v) is 3.80. The van der Waals surface area contributed by atoms with Crippen molar-refractivity contribution in [2.45, 2.75) is 26.7 Å². The molecule has 0 aliphatic heterocycles. The van der Waals surface area contributed by atoms with Gasteiger partial charge in [-0.1, -0.05) is 0 Å². The zero-order valence-electron chi connectivity index (χ0n) is 14.8. The molecule has 0 atom stereocenters. The molecule has 0 fully saturated rings. The van der Waals surface area contributed by atoms with E-state index in [1.807, 2.05) is 31.2 Å². The summed E-state index contributed by atoms with van der Waals surface area (Å²) in [5, 5.41) is 18.1. The highest BCUT2D eigenvalue weighted by Crippen LogP contribution is 2.17. The molecule has 0 unspecified atom stereocenters. The number of anilines is 1. The molecule has 2 aromatic rings. The van der Waals surface area contributed by atoms with Crippen molar-refractivity contribution in [2.24, 2.45) is 5.10 Å². The number of hydrogen-bond donors (Lipinski definition) is 2. The highest BCUT2D eigenvalue weighted by atomic mass is 32.1. The minimum absolute atomic E-state index is 0.0866. The zero-order valence-corrected chi connectivity index (χ0v) is 15.6. The first kappa shape index (κ1) is 19.5. The lowest BCUT2D eigenvalue weighted by atomic mass is 10.1. The summed E-state index contributed by atoms with van der Waals surface area (Å²) in [5.41, 5.74) is 5.04. The van der Waals surface area contributed by atoms with Crippen LogP contribution in [0.5, 0.6) is 5.75 Å². The van der Waals surface area contributed by atoms with E-state index in [0.717, 1.165) is 17.0 Å².